The Balaban J connectivity index is 3.08. The monoisotopic (exact) mass is 198 g/mol. The average molecular weight is 198 g/mol. The summed E-state index contributed by atoms with van der Waals surface area (Å²) in [6.07, 6.45) is -4.25. The van der Waals surface area contributed by atoms with E-state index in [0.29, 0.717) is 12.4 Å². The number of alkyl halides is 5. The average Bonchev–Trinajstić information content (AvgIpc) is 2.04. The van der Waals surface area contributed by atoms with Crippen LogP contribution in [0.5, 0.6) is 0 Å². The van der Waals surface area contributed by atoms with E-state index in [-0.39, 0.29) is 4.57 Å². The van der Waals surface area contributed by atoms with Crippen LogP contribution in [-0.4, -0.2) is 6.18 Å². The summed E-state index contributed by atoms with van der Waals surface area (Å²) < 4.78 is 60.1. The fourth-order valence-corrected chi connectivity index (χ4v) is 0.732. The molecular formula is C7H5F5N+. The van der Waals surface area contributed by atoms with E-state index in [2.05, 4.69) is 0 Å². The molecule has 0 saturated heterocycles. The molecule has 1 aromatic heterocycles. The van der Waals surface area contributed by atoms with Gasteiger partial charge in [-0.25, -0.2) is 0 Å². The van der Waals surface area contributed by atoms with Gasteiger partial charge in [0.1, 0.15) is 0 Å². The highest BCUT2D eigenvalue weighted by molar-refractivity contribution is 4.84. The first-order valence-corrected chi connectivity index (χ1v) is 3.27. The smallest absolute Gasteiger partial charge is 0.159 e. The van der Waals surface area contributed by atoms with Crippen LogP contribution >= 0.6 is 0 Å². The first-order valence-electron chi connectivity index (χ1n) is 3.27. The van der Waals surface area contributed by atoms with E-state index in [9.17, 15) is 22.0 Å². The maximum absolute atomic E-state index is 12.5. The van der Waals surface area contributed by atoms with Crippen molar-refractivity contribution in [2.24, 2.45) is 0 Å². The van der Waals surface area contributed by atoms with E-state index < -0.39 is 12.2 Å². The second kappa shape index (κ2) is 2.93. The highest BCUT2D eigenvalue weighted by Gasteiger charge is 2.67. The Kier molecular flexibility index (Phi) is 2.23. The number of aromatic nitrogens is 1. The second-order valence-corrected chi connectivity index (χ2v) is 2.32. The van der Waals surface area contributed by atoms with Gasteiger partial charge in [0.25, 0.3) is 0 Å². The molecule has 1 rings (SSSR count). The molecule has 1 heterocycles. The highest BCUT2D eigenvalue weighted by atomic mass is 19.4. The summed E-state index contributed by atoms with van der Waals surface area (Å²) in [5.41, 5.74) is 0. The minimum absolute atomic E-state index is 0.188. The van der Waals surface area contributed by atoms with E-state index in [1.807, 2.05) is 0 Å². The number of halogens is 5. The lowest BCUT2D eigenvalue weighted by Gasteiger charge is -2.12. The summed E-state index contributed by atoms with van der Waals surface area (Å²) >= 11 is 0. The molecule has 0 fully saturated rings. The number of hydrogen-bond acceptors (Lipinski definition) is 0. The van der Waals surface area contributed by atoms with Crippen LogP contribution in [0, 0.1) is 0 Å². The molecule has 0 aromatic carbocycles. The first-order chi connectivity index (χ1) is 5.86. The zero-order valence-electron chi connectivity index (χ0n) is 6.22. The van der Waals surface area contributed by atoms with Gasteiger partial charge in [-0.15, -0.1) is 13.3 Å². The van der Waals surface area contributed by atoms with Crippen molar-refractivity contribution in [2.75, 3.05) is 0 Å². The summed E-state index contributed by atoms with van der Waals surface area (Å²) in [5.74, 6) is 0. The topological polar surface area (TPSA) is 3.88 Å². The maximum Gasteiger partial charge on any atom is 0.561 e. The van der Waals surface area contributed by atoms with E-state index in [4.69, 9.17) is 0 Å². The molecule has 0 bridgehead atoms. The van der Waals surface area contributed by atoms with Gasteiger partial charge in [0.15, 0.2) is 12.4 Å². The summed E-state index contributed by atoms with van der Waals surface area (Å²) in [5, 5.41) is 0. The van der Waals surface area contributed by atoms with Crippen LogP contribution in [0.2, 0.25) is 0 Å². The molecule has 0 atom stereocenters. The molecule has 1 aromatic rings. The van der Waals surface area contributed by atoms with Gasteiger partial charge in [-0.2, -0.15) is 13.2 Å². The predicted octanol–water partition coefficient (Wildman–Crippen LogP) is 2.09. The Hall–Kier alpha value is -1.20. The van der Waals surface area contributed by atoms with Gasteiger partial charge in [-0.3, -0.25) is 0 Å². The summed E-state index contributed by atoms with van der Waals surface area (Å²) in [4.78, 5) is 0. The predicted molar refractivity (Wildman–Crippen MR) is 32.9 cm³/mol. The second-order valence-electron chi connectivity index (χ2n) is 2.32. The number of pyridine rings is 1. The summed E-state index contributed by atoms with van der Waals surface area (Å²) in [7, 11) is 0. The summed E-state index contributed by atoms with van der Waals surface area (Å²) in [6, 6.07) is -1.31. The highest BCUT2D eigenvalue weighted by Crippen LogP contribution is 2.34. The quantitative estimate of drug-likeness (QED) is 0.480. The lowest BCUT2D eigenvalue weighted by Crippen LogP contribution is -2.58. The Morgan fingerprint density at radius 2 is 1.23 bits per heavy atom. The standard InChI is InChI=1S/C7H5F5N/c8-6(9,10)7(11,12)13-4-2-1-3-5-13/h1-5H/q+1. The minimum atomic E-state index is -5.57. The van der Waals surface area contributed by atoms with Crippen LogP contribution in [0.4, 0.5) is 22.0 Å². The van der Waals surface area contributed by atoms with Crippen molar-refractivity contribution in [1.82, 2.24) is 0 Å². The molecule has 0 radical (unpaired) electrons. The molecular weight excluding hydrogens is 193 g/mol. The minimum Gasteiger partial charge on any atom is -0.159 e. The third-order valence-corrected chi connectivity index (χ3v) is 1.38. The number of hydrogen-bond donors (Lipinski definition) is 0. The molecule has 13 heavy (non-hydrogen) atoms. The van der Waals surface area contributed by atoms with Crippen LogP contribution in [0.3, 0.4) is 0 Å². The van der Waals surface area contributed by atoms with Gasteiger partial charge < -0.3 is 0 Å². The fraction of sp³-hybridized carbons (Fsp3) is 0.286. The largest absolute Gasteiger partial charge is 0.561 e. The molecule has 0 aliphatic rings. The van der Waals surface area contributed by atoms with Crippen molar-refractivity contribution in [3.63, 3.8) is 0 Å². The lowest BCUT2D eigenvalue weighted by atomic mass is 10.4. The Labute approximate surface area is 70.4 Å². The third-order valence-electron chi connectivity index (χ3n) is 1.38. The van der Waals surface area contributed by atoms with E-state index in [0.717, 1.165) is 12.1 Å². The molecule has 0 N–H and O–H groups in total. The molecule has 0 spiro atoms. The Bertz CT molecular complexity index is 279. The van der Waals surface area contributed by atoms with Crippen molar-refractivity contribution in [2.45, 2.75) is 12.2 Å². The number of nitrogens with zero attached hydrogens (tertiary/aromatic N) is 1. The van der Waals surface area contributed by atoms with Crippen LogP contribution in [0.15, 0.2) is 30.6 Å². The Morgan fingerprint density at radius 3 is 1.62 bits per heavy atom. The molecule has 6 heteroatoms. The molecule has 0 aliphatic carbocycles. The van der Waals surface area contributed by atoms with Crippen molar-refractivity contribution in [3.8, 4) is 0 Å². The van der Waals surface area contributed by atoms with E-state index >= 15 is 0 Å². The van der Waals surface area contributed by atoms with Gasteiger partial charge >= 0.3 is 12.2 Å². The van der Waals surface area contributed by atoms with Crippen molar-refractivity contribution >= 4 is 0 Å². The molecule has 0 amide bonds. The first kappa shape index (κ1) is 9.88. The zero-order chi connectivity index (χ0) is 10.1. The fourth-order valence-electron chi connectivity index (χ4n) is 0.732. The normalized spacial score (nSPS) is 13.0. The molecule has 0 saturated carbocycles. The third kappa shape index (κ3) is 1.76. The van der Waals surface area contributed by atoms with Gasteiger partial charge in [0.05, 0.1) is 0 Å². The van der Waals surface area contributed by atoms with Gasteiger partial charge in [0.2, 0.25) is 0 Å². The molecule has 0 unspecified atom stereocenters. The van der Waals surface area contributed by atoms with Crippen LogP contribution < -0.4 is 4.57 Å². The lowest BCUT2D eigenvalue weighted by molar-refractivity contribution is -0.851. The number of rotatable bonds is 1. The van der Waals surface area contributed by atoms with Gasteiger partial charge in [-0.05, 0) is 0 Å². The van der Waals surface area contributed by atoms with Crippen molar-refractivity contribution in [1.29, 1.82) is 0 Å². The van der Waals surface area contributed by atoms with Gasteiger partial charge in [-0.1, -0.05) is 6.07 Å². The SMILES string of the molecule is FC(F)(F)C(F)(F)[n+]1ccccc1. The van der Waals surface area contributed by atoms with Gasteiger partial charge in [0, 0.05) is 12.1 Å². The van der Waals surface area contributed by atoms with Crippen LogP contribution in [0.1, 0.15) is 0 Å². The van der Waals surface area contributed by atoms with Crippen LogP contribution in [-0.2, 0) is 6.05 Å². The van der Waals surface area contributed by atoms with E-state index in [1.54, 1.807) is 0 Å². The van der Waals surface area contributed by atoms with Crippen molar-refractivity contribution < 1.29 is 26.5 Å². The maximum atomic E-state index is 12.5. The molecule has 72 valence electrons. The van der Waals surface area contributed by atoms with Crippen molar-refractivity contribution in [3.05, 3.63) is 30.6 Å². The van der Waals surface area contributed by atoms with E-state index in [1.165, 1.54) is 6.07 Å². The Morgan fingerprint density at radius 1 is 0.769 bits per heavy atom. The summed E-state index contributed by atoms with van der Waals surface area (Å²) in [6.45, 7) is 0. The molecule has 1 nitrogen and oxygen atoms in total. The zero-order valence-corrected chi connectivity index (χ0v) is 6.22. The van der Waals surface area contributed by atoms with Crippen LogP contribution in [0.25, 0.3) is 0 Å². The molecule has 0 aliphatic heterocycles.